The van der Waals surface area contributed by atoms with Gasteiger partial charge in [-0.15, -0.1) is 0 Å². The lowest BCUT2D eigenvalue weighted by Gasteiger charge is -2.29. The zero-order chi connectivity index (χ0) is 29.0. The molecule has 1 aliphatic rings. The zero-order valence-electron chi connectivity index (χ0n) is 24.4. The zero-order valence-corrected chi connectivity index (χ0v) is 26.0. The summed E-state index contributed by atoms with van der Waals surface area (Å²) in [6, 6.07) is 21.7. The van der Waals surface area contributed by atoms with E-state index >= 15 is 0 Å². The maximum absolute atomic E-state index is 9.86. The number of hydrogen-bond donors (Lipinski definition) is 1. The Morgan fingerprint density at radius 1 is 0.976 bits per heavy atom. The third-order valence-corrected chi connectivity index (χ3v) is 9.01. The van der Waals surface area contributed by atoms with Crippen LogP contribution in [0.5, 0.6) is 0 Å². The molecule has 0 atom stereocenters. The van der Waals surface area contributed by atoms with Crippen LogP contribution in [0.25, 0.3) is 22.0 Å². The van der Waals surface area contributed by atoms with Crippen molar-refractivity contribution in [2.24, 2.45) is 0 Å². The van der Waals surface area contributed by atoms with Gasteiger partial charge in [0.15, 0.2) is 0 Å². The SMILES string of the molecule is CCCCc1c(Cl)cc(C(C)(C)c2ccc(-c3ccc4nc(NSC)nc(N5CCCCC5)c4c3)cc2)cc1C#N. The van der Waals surface area contributed by atoms with E-state index in [0.29, 0.717) is 16.5 Å². The molecule has 41 heavy (non-hydrogen) atoms. The molecular weight excluding hydrogens is 546 g/mol. The highest BCUT2D eigenvalue weighted by molar-refractivity contribution is 7.99. The van der Waals surface area contributed by atoms with Crippen molar-refractivity contribution < 1.29 is 0 Å². The number of aromatic nitrogens is 2. The Morgan fingerprint density at radius 2 is 1.71 bits per heavy atom. The van der Waals surface area contributed by atoms with Crippen LogP contribution in [0.1, 0.15) is 75.1 Å². The predicted molar refractivity (Wildman–Crippen MR) is 175 cm³/mol. The van der Waals surface area contributed by atoms with Crippen LogP contribution in [0, 0.1) is 11.3 Å². The lowest BCUT2D eigenvalue weighted by molar-refractivity contribution is 0.575. The molecule has 0 bridgehead atoms. The van der Waals surface area contributed by atoms with E-state index in [2.05, 4.69) is 78.9 Å². The lowest BCUT2D eigenvalue weighted by Crippen LogP contribution is -2.30. The van der Waals surface area contributed by atoms with Gasteiger partial charge in [0.1, 0.15) is 5.82 Å². The highest BCUT2D eigenvalue weighted by atomic mass is 35.5. The number of nitrogens with zero attached hydrogens (tertiary/aromatic N) is 4. The molecular formula is C34H38ClN5S. The van der Waals surface area contributed by atoms with Crippen molar-refractivity contribution in [2.45, 2.75) is 64.7 Å². The smallest absolute Gasteiger partial charge is 0.235 e. The van der Waals surface area contributed by atoms with Crippen molar-refractivity contribution in [3.63, 3.8) is 0 Å². The number of hydrogen-bond acceptors (Lipinski definition) is 6. The number of benzene rings is 3. The maximum atomic E-state index is 9.86. The standard InChI is InChI=1S/C34H38ClN5S/c1-5-6-10-28-25(22-36)19-27(21-30(28)35)34(2,3)26-14-11-23(12-15-26)24-13-16-31-29(20-24)32(38-33(37-31)39-41-4)40-17-8-7-9-18-40/h11-16,19-21H,5-10,17-18H2,1-4H3,(H,37,38,39). The largest absolute Gasteiger partial charge is 0.356 e. The molecule has 1 aromatic heterocycles. The van der Waals surface area contributed by atoms with Gasteiger partial charge >= 0.3 is 0 Å². The molecule has 1 saturated heterocycles. The van der Waals surface area contributed by atoms with Gasteiger partial charge in [-0.1, -0.05) is 81.1 Å². The quantitative estimate of drug-likeness (QED) is 0.198. The number of piperidine rings is 1. The summed E-state index contributed by atoms with van der Waals surface area (Å²) in [6.45, 7) is 8.59. The van der Waals surface area contributed by atoms with E-state index < -0.39 is 0 Å². The molecule has 4 aromatic rings. The summed E-state index contributed by atoms with van der Waals surface area (Å²) in [5, 5.41) is 11.6. The van der Waals surface area contributed by atoms with Crippen LogP contribution in [0.2, 0.25) is 5.02 Å². The molecule has 1 fully saturated rings. The third-order valence-electron chi connectivity index (χ3n) is 8.28. The highest BCUT2D eigenvalue weighted by Crippen LogP contribution is 2.37. The molecule has 1 N–H and O–H groups in total. The van der Waals surface area contributed by atoms with Crippen molar-refractivity contribution in [3.05, 3.63) is 81.9 Å². The van der Waals surface area contributed by atoms with E-state index in [-0.39, 0.29) is 5.41 Å². The van der Waals surface area contributed by atoms with E-state index in [4.69, 9.17) is 21.6 Å². The van der Waals surface area contributed by atoms with Crippen LogP contribution in [0.3, 0.4) is 0 Å². The average molecular weight is 584 g/mol. The number of halogens is 1. The first-order chi connectivity index (χ1) is 19.8. The predicted octanol–water partition coefficient (Wildman–Crippen LogP) is 9.17. The van der Waals surface area contributed by atoms with E-state index in [1.165, 1.54) is 36.8 Å². The second-order valence-electron chi connectivity index (χ2n) is 11.4. The minimum absolute atomic E-state index is 0.309. The van der Waals surface area contributed by atoms with E-state index in [0.717, 1.165) is 71.3 Å². The van der Waals surface area contributed by atoms with Crippen LogP contribution in [-0.2, 0) is 11.8 Å². The molecule has 212 valence electrons. The number of unbranched alkanes of at least 4 members (excludes halogenated alkanes) is 1. The van der Waals surface area contributed by atoms with Crippen molar-refractivity contribution in [1.82, 2.24) is 9.97 Å². The van der Waals surface area contributed by atoms with Gasteiger partial charge < -0.3 is 4.90 Å². The Hall–Kier alpha value is -3.27. The fourth-order valence-corrected chi connectivity index (χ4v) is 6.31. The Labute approximate surface area is 253 Å². The molecule has 0 unspecified atom stereocenters. The van der Waals surface area contributed by atoms with Gasteiger partial charge in [-0.3, -0.25) is 4.72 Å². The normalized spacial score (nSPS) is 13.8. The van der Waals surface area contributed by atoms with Gasteiger partial charge in [-0.25, -0.2) is 4.98 Å². The summed E-state index contributed by atoms with van der Waals surface area (Å²) in [7, 11) is 0. The Bertz CT molecular complexity index is 1570. The number of fused-ring (bicyclic) bond motifs is 1. The van der Waals surface area contributed by atoms with E-state index in [1.54, 1.807) is 0 Å². The third kappa shape index (κ3) is 6.17. The fourth-order valence-electron chi connectivity index (χ4n) is 5.73. The minimum Gasteiger partial charge on any atom is -0.356 e. The van der Waals surface area contributed by atoms with Gasteiger partial charge in [0.05, 0.1) is 17.1 Å². The van der Waals surface area contributed by atoms with Crippen LogP contribution in [0.15, 0.2) is 54.6 Å². The molecule has 7 heteroatoms. The van der Waals surface area contributed by atoms with Gasteiger partial charge in [0, 0.05) is 35.2 Å². The summed E-state index contributed by atoms with van der Waals surface area (Å²) in [4.78, 5) is 12.1. The molecule has 0 saturated carbocycles. The number of rotatable bonds is 9. The number of nitrogens with one attached hydrogen (secondary N) is 1. The molecule has 5 nitrogen and oxygen atoms in total. The molecule has 1 aliphatic heterocycles. The monoisotopic (exact) mass is 583 g/mol. The summed E-state index contributed by atoms with van der Waals surface area (Å²) >= 11 is 8.23. The first-order valence-electron chi connectivity index (χ1n) is 14.6. The maximum Gasteiger partial charge on any atom is 0.235 e. The highest BCUT2D eigenvalue weighted by Gasteiger charge is 2.26. The number of nitriles is 1. The van der Waals surface area contributed by atoms with Crippen molar-refractivity contribution in [1.29, 1.82) is 5.26 Å². The number of anilines is 2. The molecule has 3 aromatic carbocycles. The molecule has 5 rings (SSSR count). The summed E-state index contributed by atoms with van der Waals surface area (Å²) < 4.78 is 3.22. The first-order valence-corrected chi connectivity index (χ1v) is 16.2. The summed E-state index contributed by atoms with van der Waals surface area (Å²) in [5.74, 6) is 1.67. The molecule has 2 heterocycles. The minimum atomic E-state index is -0.309. The van der Waals surface area contributed by atoms with E-state index in [9.17, 15) is 5.26 Å². The van der Waals surface area contributed by atoms with Gasteiger partial charge in [0.25, 0.3) is 0 Å². The topological polar surface area (TPSA) is 64.8 Å². The van der Waals surface area contributed by atoms with Crippen molar-refractivity contribution in [2.75, 3.05) is 29.0 Å². The Balaban J connectivity index is 1.48. The van der Waals surface area contributed by atoms with Crippen LogP contribution >= 0.6 is 23.5 Å². The Morgan fingerprint density at radius 3 is 2.39 bits per heavy atom. The molecule has 0 radical (unpaired) electrons. The molecule has 0 amide bonds. The lowest BCUT2D eigenvalue weighted by atomic mass is 9.76. The average Bonchev–Trinajstić information content (AvgIpc) is 3.00. The van der Waals surface area contributed by atoms with Crippen molar-refractivity contribution in [3.8, 4) is 17.2 Å². The van der Waals surface area contributed by atoms with Gasteiger partial charge in [-0.05, 0) is 84.2 Å². The van der Waals surface area contributed by atoms with Gasteiger partial charge in [-0.2, -0.15) is 10.2 Å². The summed E-state index contributed by atoms with van der Waals surface area (Å²) in [6.07, 6.45) is 8.57. The van der Waals surface area contributed by atoms with Crippen LogP contribution in [-0.4, -0.2) is 29.3 Å². The first kappa shape index (κ1) is 29.2. The molecule has 0 spiro atoms. The van der Waals surface area contributed by atoms with Crippen LogP contribution in [0.4, 0.5) is 11.8 Å². The fraction of sp³-hybridized carbons (Fsp3) is 0.382. The van der Waals surface area contributed by atoms with Gasteiger partial charge in [0.2, 0.25) is 5.95 Å². The second-order valence-corrected chi connectivity index (χ2v) is 12.4. The van der Waals surface area contributed by atoms with Crippen molar-refractivity contribution >= 4 is 46.2 Å². The second kappa shape index (κ2) is 12.7. The Kier molecular flexibility index (Phi) is 9.06. The van der Waals surface area contributed by atoms with E-state index in [1.807, 2.05) is 18.4 Å². The summed E-state index contributed by atoms with van der Waals surface area (Å²) in [5.41, 5.74) is 6.81. The molecule has 0 aliphatic carbocycles. The van der Waals surface area contributed by atoms with Crippen LogP contribution < -0.4 is 9.62 Å².